The number of aliphatic imine (C=N–C) groups is 1. The van der Waals surface area contributed by atoms with Gasteiger partial charge in [-0.1, -0.05) is 36.8 Å². The number of carbonyl (C=O) groups excluding carboxylic acids is 1. The van der Waals surface area contributed by atoms with E-state index < -0.39 is 0 Å². The molecule has 1 aromatic rings. The lowest BCUT2D eigenvalue weighted by molar-refractivity contribution is -0.113. The van der Waals surface area contributed by atoms with E-state index in [0.29, 0.717) is 5.92 Å². The van der Waals surface area contributed by atoms with Crippen LogP contribution in [0.1, 0.15) is 30.9 Å². The summed E-state index contributed by atoms with van der Waals surface area (Å²) in [6.07, 6.45) is 4.40. The number of rotatable bonds is 1. The smallest absolute Gasteiger partial charge is 0.286 e. The van der Waals surface area contributed by atoms with Crippen molar-refractivity contribution < 1.29 is 4.79 Å². The number of nitrogens with zero attached hydrogens (tertiary/aromatic N) is 2. The van der Waals surface area contributed by atoms with Crippen molar-refractivity contribution in [2.75, 3.05) is 13.1 Å². The second kappa shape index (κ2) is 6.06. The van der Waals surface area contributed by atoms with Crippen molar-refractivity contribution in [2.45, 2.75) is 26.7 Å². The third kappa shape index (κ3) is 3.38. The van der Waals surface area contributed by atoms with E-state index in [4.69, 9.17) is 0 Å². The Kier molecular flexibility index (Phi) is 4.15. The Balaban J connectivity index is 1.73. The van der Waals surface area contributed by atoms with E-state index >= 15 is 0 Å². The molecule has 2 aliphatic heterocycles. The first-order valence-electron chi connectivity index (χ1n) is 7.46. The van der Waals surface area contributed by atoms with Crippen LogP contribution in [-0.2, 0) is 4.79 Å². The third-order valence-electron chi connectivity index (χ3n) is 3.91. The van der Waals surface area contributed by atoms with Crippen LogP contribution in [0.5, 0.6) is 0 Å². The predicted octanol–water partition coefficient (Wildman–Crippen LogP) is 3.70. The van der Waals surface area contributed by atoms with Crippen molar-refractivity contribution in [3.63, 3.8) is 0 Å². The summed E-state index contributed by atoms with van der Waals surface area (Å²) in [5.74, 6) is 0.580. The number of hydrogen-bond acceptors (Lipinski definition) is 3. The van der Waals surface area contributed by atoms with Gasteiger partial charge in [-0.25, -0.2) is 0 Å². The van der Waals surface area contributed by atoms with Crippen molar-refractivity contribution in [2.24, 2.45) is 10.9 Å². The van der Waals surface area contributed by atoms with E-state index in [-0.39, 0.29) is 5.91 Å². The van der Waals surface area contributed by atoms with Gasteiger partial charge < -0.3 is 4.90 Å². The topological polar surface area (TPSA) is 32.7 Å². The number of aryl methyl sites for hydroxylation is 1. The summed E-state index contributed by atoms with van der Waals surface area (Å²) in [7, 11) is 0. The standard InChI is InChI=1S/C17H20N2OS/c1-12-5-7-14(8-6-12)10-15-16(20)18-17(21-15)19-9-3-4-13(2)11-19/h5-8,10,13H,3-4,9,11H2,1-2H3. The lowest BCUT2D eigenvalue weighted by atomic mass is 10.0. The van der Waals surface area contributed by atoms with Gasteiger partial charge in [0.2, 0.25) is 0 Å². The predicted molar refractivity (Wildman–Crippen MR) is 89.2 cm³/mol. The van der Waals surface area contributed by atoms with Gasteiger partial charge in [0.15, 0.2) is 5.17 Å². The molecular formula is C17H20N2OS. The first-order valence-corrected chi connectivity index (χ1v) is 8.27. The molecule has 2 heterocycles. The van der Waals surface area contributed by atoms with Gasteiger partial charge in [-0.3, -0.25) is 4.79 Å². The molecular weight excluding hydrogens is 280 g/mol. The van der Waals surface area contributed by atoms with Gasteiger partial charge in [0, 0.05) is 13.1 Å². The fourth-order valence-corrected chi connectivity index (χ4v) is 3.66. The fourth-order valence-electron chi connectivity index (χ4n) is 2.71. The Morgan fingerprint density at radius 1 is 1.33 bits per heavy atom. The quantitative estimate of drug-likeness (QED) is 0.741. The fraction of sp³-hybridized carbons (Fsp3) is 0.412. The zero-order chi connectivity index (χ0) is 14.8. The summed E-state index contributed by atoms with van der Waals surface area (Å²) >= 11 is 1.51. The van der Waals surface area contributed by atoms with Crippen LogP contribution in [0.4, 0.5) is 0 Å². The normalized spacial score (nSPS) is 24.6. The highest BCUT2D eigenvalue weighted by atomic mass is 32.2. The first kappa shape index (κ1) is 14.4. The minimum Gasteiger partial charge on any atom is -0.351 e. The molecule has 1 amide bonds. The Morgan fingerprint density at radius 2 is 2.10 bits per heavy atom. The lowest BCUT2D eigenvalue weighted by Gasteiger charge is -2.31. The first-order chi connectivity index (χ1) is 10.1. The molecule has 3 rings (SSSR count). The maximum Gasteiger partial charge on any atom is 0.286 e. The monoisotopic (exact) mass is 300 g/mol. The maximum atomic E-state index is 12.1. The van der Waals surface area contributed by atoms with Gasteiger partial charge in [0.05, 0.1) is 4.91 Å². The molecule has 0 bridgehead atoms. The van der Waals surface area contributed by atoms with E-state index in [1.165, 1.54) is 30.2 Å². The van der Waals surface area contributed by atoms with E-state index in [0.717, 1.165) is 28.7 Å². The summed E-state index contributed by atoms with van der Waals surface area (Å²) in [5, 5.41) is 0.880. The summed E-state index contributed by atoms with van der Waals surface area (Å²) < 4.78 is 0. The molecule has 1 aromatic carbocycles. The van der Waals surface area contributed by atoms with Gasteiger partial charge in [-0.2, -0.15) is 4.99 Å². The van der Waals surface area contributed by atoms with E-state index in [1.54, 1.807) is 0 Å². The third-order valence-corrected chi connectivity index (χ3v) is 4.96. The molecule has 1 atom stereocenters. The minimum absolute atomic E-state index is 0.103. The molecule has 0 saturated carbocycles. The van der Waals surface area contributed by atoms with Crippen molar-refractivity contribution >= 4 is 28.9 Å². The van der Waals surface area contributed by atoms with Gasteiger partial charge in [0.25, 0.3) is 5.91 Å². The summed E-state index contributed by atoms with van der Waals surface area (Å²) in [6.45, 7) is 6.35. The van der Waals surface area contributed by atoms with Gasteiger partial charge in [-0.05, 0) is 49.1 Å². The number of benzene rings is 1. The molecule has 0 spiro atoms. The van der Waals surface area contributed by atoms with Gasteiger partial charge in [0.1, 0.15) is 0 Å². The van der Waals surface area contributed by atoms with Crippen LogP contribution >= 0.6 is 11.8 Å². The van der Waals surface area contributed by atoms with Crippen molar-refractivity contribution in [1.82, 2.24) is 4.90 Å². The Morgan fingerprint density at radius 3 is 2.81 bits per heavy atom. The van der Waals surface area contributed by atoms with Crippen LogP contribution < -0.4 is 0 Å². The van der Waals surface area contributed by atoms with Crippen LogP contribution in [0, 0.1) is 12.8 Å². The summed E-state index contributed by atoms with van der Waals surface area (Å²) in [5.41, 5.74) is 2.28. The number of amides is 1. The zero-order valence-electron chi connectivity index (χ0n) is 12.5. The van der Waals surface area contributed by atoms with E-state index in [1.807, 2.05) is 18.2 Å². The van der Waals surface area contributed by atoms with Crippen LogP contribution in [0.2, 0.25) is 0 Å². The number of carbonyl (C=O) groups is 1. The SMILES string of the molecule is Cc1ccc(C=C2SC(N3CCCC(C)C3)=NC2=O)cc1. The molecule has 1 fully saturated rings. The highest BCUT2D eigenvalue weighted by molar-refractivity contribution is 8.18. The Labute approximate surface area is 130 Å². The molecule has 0 radical (unpaired) electrons. The van der Waals surface area contributed by atoms with Crippen molar-refractivity contribution in [1.29, 1.82) is 0 Å². The average Bonchev–Trinajstić information content (AvgIpc) is 2.83. The number of hydrogen-bond donors (Lipinski definition) is 0. The highest BCUT2D eigenvalue weighted by Gasteiger charge is 2.28. The van der Waals surface area contributed by atoms with Crippen LogP contribution in [-0.4, -0.2) is 29.1 Å². The molecule has 1 unspecified atom stereocenters. The molecule has 0 N–H and O–H groups in total. The second-order valence-electron chi connectivity index (χ2n) is 5.91. The number of amidine groups is 1. The summed E-state index contributed by atoms with van der Waals surface area (Å²) in [4.78, 5) is 19.3. The molecule has 1 saturated heterocycles. The van der Waals surface area contributed by atoms with Crippen molar-refractivity contribution in [3.8, 4) is 0 Å². The highest BCUT2D eigenvalue weighted by Crippen LogP contribution is 2.32. The maximum absolute atomic E-state index is 12.1. The second-order valence-corrected chi connectivity index (χ2v) is 6.92. The molecule has 4 heteroatoms. The molecule has 2 aliphatic rings. The molecule has 3 nitrogen and oxygen atoms in total. The molecule has 110 valence electrons. The molecule has 0 aromatic heterocycles. The molecule has 0 aliphatic carbocycles. The largest absolute Gasteiger partial charge is 0.351 e. The minimum atomic E-state index is -0.103. The van der Waals surface area contributed by atoms with Gasteiger partial charge >= 0.3 is 0 Å². The number of thioether (sulfide) groups is 1. The lowest BCUT2D eigenvalue weighted by Crippen LogP contribution is -2.37. The average molecular weight is 300 g/mol. The molecule has 21 heavy (non-hydrogen) atoms. The van der Waals surface area contributed by atoms with Crippen LogP contribution in [0.25, 0.3) is 6.08 Å². The van der Waals surface area contributed by atoms with E-state index in [9.17, 15) is 4.79 Å². The number of piperidine rings is 1. The Bertz CT molecular complexity index is 604. The summed E-state index contributed by atoms with van der Waals surface area (Å²) in [6, 6.07) is 8.20. The zero-order valence-corrected chi connectivity index (χ0v) is 13.3. The Hall–Kier alpha value is -1.55. The van der Waals surface area contributed by atoms with Crippen LogP contribution in [0.15, 0.2) is 34.2 Å². The van der Waals surface area contributed by atoms with Gasteiger partial charge in [-0.15, -0.1) is 0 Å². The number of likely N-dealkylation sites (tertiary alicyclic amines) is 1. The van der Waals surface area contributed by atoms with Crippen molar-refractivity contribution in [3.05, 3.63) is 40.3 Å². The van der Waals surface area contributed by atoms with E-state index in [2.05, 4.69) is 35.9 Å². The van der Waals surface area contributed by atoms with Crippen LogP contribution in [0.3, 0.4) is 0 Å².